The number of nitrogens with zero attached hydrogens (tertiary/aromatic N) is 2. The average Bonchev–Trinajstić information content (AvgIpc) is 3.58. The first-order valence-electron chi connectivity index (χ1n) is 11.5. The summed E-state index contributed by atoms with van der Waals surface area (Å²) in [4.78, 5) is 45.7. The minimum atomic E-state index is -1.15. The molecule has 1 aliphatic heterocycles. The van der Waals surface area contributed by atoms with E-state index in [1.807, 2.05) is 0 Å². The van der Waals surface area contributed by atoms with Crippen LogP contribution in [0.25, 0.3) is 21.1 Å². The van der Waals surface area contributed by atoms with Crippen molar-refractivity contribution in [2.45, 2.75) is 13.1 Å². The van der Waals surface area contributed by atoms with Crippen LogP contribution in [0.15, 0.2) is 60.4 Å². The van der Waals surface area contributed by atoms with Gasteiger partial charge in [-0.15, -0.1) is 11.3 Å². The van der Waals surface area contributed by atoms with E-state index in [0.29, 0.717) is 18.0 Å². The van der Waals surface area contributed by atoms with Crippen molar-refractivity contribution < 1.29 is 24.2 Å². The molecule has 6 rings (SSSR count). The van der Waals surface area contributed by atoms with Crippen LogP contribution in [0.1, 0.15) is 32.0 Å². The minimum Gasteiger partial charge on any atom is -0.482 e. The van der Waals surface area contributed by atoms with Gasteiger partial charge in [-0.1, -0.05) is 12.1 Å². The number of carbonyl (C=O) groups excluding carboxylic acids is 2. The number of H-pyrrole nitrogens is 1. The first-order chi connectivity index (χ1) is 18.4. The van der Waals surface area contributed by atoms with E-state index in [9.17, 15) is 14.4 Å². The van der Waals surface area contributed by atoms with Crippen LogP contribution in [-0.2, 0) is 17.9 Å². The zero-order chi connectivity index (χ0) is 26.6. The number of hydrogen-bond acceptors (Lipinski definition) is 8. The number of ether oxygens (including phenoxy) is 1. The van der Waals surface area contributed by atoms with E-state index in [2.05, 4.69) is 55.2 Å². The molecule has 5 aromatic rings. The fraction of sp³-hybridized carbons (Fsp3) is 0.115. The molecule has 1 aliphatic rings. The van der Waals surface area contributed by atoms with Crippen molar-refractivity contribution in [1.82, 2.24) is 20.3 Å². The summed E-state index contributed by atoms with van der Waals surface area (Å²) in [6.07, 6.45) is 2.41. The standard InChI is InChI=1S/C17H13N5O5.C9H9NS/c23-12-6-27-11-2-1-8(3-10(11)22-12)4-19-16(24)15-14-13(20-7-21-15)9(5-18-14)17(25)26;10-6-7-1-2-9-8(5-7)3-4-11-9/h1-3,5,7,18H,4,6H2,(H,19,24)(H,22,23)(H,25,26);1-5H,6,10H2. The highest BCUT2D eigenvalue weighted by molar-refractivity contribution is 7.17. The van der Waals surface area contributed by atoms with Crippen molar-refractivity contribution in [3.63, 3.8) is 0 Å². The van der Waals surface area contributed by atoms with Gasteiger partial charge in [0.15, 0.2) is 12.3 Å². The number of rotatable bonds is 5. The second-order valence-corrected chi connectivity index (χ2v) is 9.25. The molecule has 0 radical (unpaired) electrons. The van der Waals surface area contributed by atoms with Crippen LogP contribution in [0.4, 0.5) is 5.69 Å². The number of fused-ring (bicyclic) bond motifs is 3. The fourth-order valence-corrected chi connectivity index (χ4v) is 4.69. The second kappa shape index (κ2) is 10.7. The van der Waals surface area contributed by atoms with E-state index in [0.717, 1.165) is 11.9 Å². The molecule has 192 valence electrons. The number of nitrogens with two attached hydrogens (primary N) is 1. The predicted octanol–water partition coefficient (Wildman–Crippen LogP) is 3.28. The number of carboxylic acids is 1. The zero-order valence-corrected chi connectivity index (χ0v) is 20.7. The van der Waals surface area contributed by atoms with Crippen LogP contribution in [0, 0.1) is 0 Å². The SMILES string of the molecule is NCc1ccc2sccc2c1.O=C1COc2ccc(CNC(=O)c3ncnc4c(C(=O)O)c[nH]c34)cc2N1. The first-order valence-corrected chi connectivity index (χ1v) is 12.4. The quantitative estimate of drug-likeness (QED) is 0.230. The van der Waals surface area contributed by atoms with Crippen molar-refractivity contribution in [3.05, 3.63) is 82.8 Å². The van der Waals surface area contributed by atoms with Gasteiger partial charge in [0.25, 0.3) is 11.8 Å². The summed E-state index contributed by atoms with van der Waals surface area (Å²) in [5.41, 5.74) is 8.42. The van der Waals surface area contributed by atoms with E-state index in [1.165, 1.54) is 21.8 Å². The van der Waals surface area contributed by atoms with Gasteiger partial charge >= 0.3 is 5.97 Å². The van der Waals surface area contributed by atoms with Crippen LogP contribution < -0.4 is 21.1 Å². The number of nitrogens with one attached hydrogen (secondary N) is 3. The molecule has 0 spiro atoms. The normalized spacial score (nSPS) is 12.2. The molecule has 0 bridgehead atoms. The Kier molecular flexibility index (Phi) is 6.98. The Hall–Kier alpha value is -4.81. The van der Waals surface area contributed by atoms with Gasteiger partial charge in [0.05, 0.1) is 11.2 Å². The lowest BCUT2D eigenvalue weighted by Crippen LogP contribution is -2.26. The lowest BCUT2D eigenvalue weighted by Gasteiger charge is -2.18. The summed E-state index contributed by atoms with van der Waals surface area (Å²) in [6, 6.07) is 13.7. The molecule has 2 amide bonds. The van der Waals surface area contributed by atoms with Gasteiger partial charge in [0, 0.05) is 24.0 Å². The molecule has 0 saturated carbocycles. The van der Waals surface area contributed by atoms with Crippen molar-refractivity contribution in [2.75, 3.05) is 11.9 Å². The first kappa shape index (κ1) is 24.9. The monoisotopic (exact) mass is 530 g/mol. The molecule has 3 aromatic heterocycles. The van der Waals surface area contributed by atoms with Crippen LogP contribution >= 0.6 is 11.3 Å². The molecule has 0 aliphatic carbocycles. The number of hydrogen-bond donors (Lipinski definition) is 5. The Labute approximate surface area is 219 Å². The molecular formula is C26H22N6O5S. The van der Waals surface area contributed by atoms with Gasteiger partial charge in [0.1, 0.15) is 23.2 Å². The molecule has 38 heavy (non-hydrogen) atoms. The predicted molar refractivity (Wildman–Crippen MR) is 142 cm³/mol. The largest absolute Gasteiger partial charge is 0.482 e. The molecule has 12 heteroatoms. The van der Waals surface area contributed by atoms with Crippen LogP contribution in [0.3, 0.4) is 0 Å². The smallest absolute Gasteiger partial charge is 0.339 e. The Morgan fingerprint density at radius 1 is 1.13 bits per heavy atom. The number of anilines is 1. The Morgan fingerprint density at radius 3 is 2.79 bits per heavy atom. The van der Waals surface area contributed by atoms with Crippen LogP contribution in [-0.4, -0.2) is 44.4 Å². The zero-order valence-electron chi connectivity index (χ0n) is 19.9. The fourth-order valence-electron chi connectivity index (χ4n) is 3.92. The highest BCUT2D eigenvalue weighted by atomic mass is 32.1. The highest BCUT2D eigenvalue weighted by Crippen LogP contribution is 2.28. The van der Waals surface area contributed by atoms with E-state index >= 15 is 0 Å². The molecule has 11 nitrogen and oxygen atoms in total. The maximum absolute atomic E-state index is 12.5. The van der Waals surface area contributed by atoms with Crippen molar-refractivity contribution >= 4 is 55.9 Å². The summed E-state index contributed by atoms with van der Waals surface area (Å²) in [5.74, 6) is -1.31. The molecule has 2 aromatic carbocycles. The third-order valence-corrected chi connectivity index (χ3v) is 6.69. The van der Waals surface area contributed by atoms with E-state index in [4.69, 9.17) is 15.6 Å². The number of aromatic nitrogens is 3. The number of benzene rings is 2. The number of thiophene rings is 1. The van der Waals surface area contributed by atoms with Gasteiger partial charge < -0.3 is 31.2 Å². The summed E-state index contributed by atoms with van der Waals surface area (Å²) < 4.78 is 6.62. The van der Waals surface area contributed by atoms with Gasteiger partial charge in [-0.05, 0) is 52.2 Å². The molecule has 6 N–H and O–H groups in total. The number of aromatic amines is 1. The Morgan fingerprint density at radius 2 is 1.97 bits per heavy atom. The maximum Gasteiger partial charge on any atom is 0.339 e. The van der Waals surface area contributed by atoms with E-state index in [-0.39, 0.29) is 41.3 Å². The summed E-state index contributed by atoms with van der Waals surface area (Å²) in [6.45, 7) is 0.785. The van der Waals surface area contributed by atoms with Crippen molar-refractivity contribution in [1.29, 1.82) is 0 Å². The maximum atomic E-state index is 12.5. The number of carbonyl (C=O) groups is 3. The topological polar surface area (TPSA) is 172 Å². The summed E-state index contributed by atoms with van der Waals surface area (Å²) in [7, 11) is 0. The number of amides is 2. The average molecular weight is 531 g/mol. The van der Waals surface area contributed by atoms with Crippen LogP contribution in [0.5, 0.6) is 5.75 Å². The highest BCUT2D eigenvalue weighted by Gasteiger charge is 2.20. The third kappa shape index (κ3) is 5.16. The summed E-state index contributed by atoms with van der Waals surface area (Å²) >= 11 is 1.77. The van der Waals surface area contributed by atoms with Crippen molar-refractivity contribution in [3.8, 4) is 5.75 Å². The number of aromatic carboxylic acids is 1. The Bertz CT molecular complexity index is 1680. The van der Waals surface area contributed by atoms with E-state index in [1.54, 1.807) is 29.5 Å². The van der Waals surface area contributed by atoms with Crippen molar-refractivity contribution in [2.24, 2.45) is 5.73 Å². The van der Waals surface area contributed by atoms with Gasteiger partial charge in [0.2, 0.25) is 0 Å². The Balaban J connectivity index is 0.000000222. The third-order valence-electron chi connectivity index (χ3n) is 5.79. The lowest BCUT2D eigenvalue weighted by atomic mass is 10.1. The van der Waals surface area contributed by atoms with E-state index < -0.39 is 11.9 Å². The number of carboxylic acid groups (broad SMARTS) is 1. The van der Waals surface area contributed by atoms with Gasteiger partial charge in [-0.2, -0.15) is 0 Å². The molecular weight excluding hydrogens is 508 g/mol. The lowest BCUT2D eigenvalue weighted by molar-refractivity contribution is -0.118. The van der Waals surface area contributed by atoms with Gasteiger partial charge in [-0.25, -0.2) is 14.8 Å². The molecule has 0 saturated heterocycles. The molecule has 0 fully saturated rings. The minimum absolute atomic E-state index is 0.0265. The van der Waals surface area contributed by atoms with Crippen LogP contribution in [0.2, 0.25) is 0 Å². The van der Waals surface area contributed by atoms with Gasteiger partial charge in [-0.3, -0.25) is 9.59 Å². The molecule has 0 atom stereocenters. The molecule has 4 heterocycles. The summed E-state index contributed by atoms with van der Waals surface area (Å²) in [5, 5.41) is 18.0. The molecule has 0 unspecified atom stereocenters. The second-order valence-electron chi connectivity index (χ2n) is 8.30.